The smallest absolute Gasteiger partial charge is 0.250 e. The highest BCUT2D eigenvalue weighted by atomic mass is 16.4. The normalized spacial score (nSPS) is 10.8. The minimum absolute atomic E-state index is 0.158. The van der Waals surface area contributed by atoms with Gasteiger partial charge >= 0.3 is 0 Å². The molecule has 24 heavy (non-hydrogen) atoms. The number of hydrogen-bond donors (Lipinski definition) is 0. The maximum Gasteiger partial charge on any atom is 0.250 e. The van der Waals surface area contributed by atoms with Crippen molar-refractivity contribution >= 4 is 0 Å². The Hall–Kier alpha value is -3.55. The number of para-hydroxylation sites is 1. The molecule has 0 aliphatic rings. The number of hydrogen-bond acceptors (Lipinski definition) is 6. The van der Waals surface area contributed by atoms with E-state index in [0.717, 1.165) is 5.69 Å². The summed E-state index contributed by atoms with van der Waals surface area (Å²) in [5.41, 5.74) is 1.41. The molecular weight excluding hydrogens is 308 g/mol. The van der Waals surface area contributed by atoms with Crippen LogP contribution in [0.2, 0.25) is 0 Å². The van der Waals surface area contributed by atoms with Crippen LogP contribution in [0.1, 0.15) is 5.82 Å². The fraction of sp³-hybridized carbons (Fsp3) is 0.0625. The minimum Gasteiger partial charge on any atom is -0.423 e. The molecule has 0 bridgehead atoms. The zero-order valence-corrected chi connectivity index (χ0v) is 12.5. The van der Waals surface area contributed by atoms with Crippen LogP contribution in [0.5, 0.6) is 0 Å². The summed E-state index contributed by atoms with van der Waals surface area (Å²) in [6, 6.07) is 12.7. The molecule has 0 amide bonds. The summed E-state index contributed by atoms with van der Waals surface area (Å²) in [5, 5.41) is 11.9. The molecule has 3 heterocycles. The van der Waals surface area contributed by atoms with Gasteiger partial charge < -0.3 is 8.98 Å². The Morgan fingerprint density at radius 2 is 1.96 bits per heavy atom. The van der Waals surface area contributed by atoms with E-state index in [1.165, 1.54) is 17.0 Å². The standard InChI is InChI=1S/C16H12N6O2/c23-15-7-6-12(16-19-18-11-24-16)8-21(15)9-14-17-10-22(20-14)13-4-2-1-3-5-13/h1-8,10-11H,9H2. The summed E-state index contributed by atoms with van der Waals surface area (Å²) in [5.74, 6) is 0.884. The summed E-state index contributed by atoms with van der Waals surface area (Å²) in [4.78, 5) is 16.3. The topological polar surface area (TPSA) is 91.6 Å². The molecular formula is C16H12N6O2. The third kappa shape index (κ3) is 2.72. The molecule has 8 heteroatoms. The van der Waals surface area contributed by atoms with Crippen molar-refractivity contribution in [1.82, 2.24) is 29.5 Å². The molecule has 0 fully saturated rings. The molecule has 0 saturated heterocycles. The Kier molecular flexibility index (Phi) is 3.47. The van der Waals surface area contributed by atoms with Gasteiger partial charge in [-0.1, -0.05) is 18.2 Å². The Morgan fingerprint density at radius 1 is 1.08 bits per heavy atom. The van der Waals surface area contributed by atoms with E-state index >= 15 is 0 Å². The van der Waals surface area contributed by atoms with E-state index in [1.807, 2.05) is 30.3 Å². The van der Waals surface area contributed by atoms with Crippen LogP contribution in [0.25, 0.3) is 17.1 Å². The monoisotopic (exact) mass is 320 g/mol. The molecule has 118 valence electrons. The summed E-state index contributed by atoms with van der Waals surface area (Å²) in [7, 11) is 0. The van der Waals surface area contributed by atoms with Crippen LogP contribution in [0.3, 0.4) is 0 Å². The van der Waals surface area contributed by atoms with Gasteiger partial charge in [-0.15, -0.1) is 15.3 Å². The van der Waals surface area contributed by atoms with Crippen molar-refractivity contribution in [2.75, 3.05) is 0 Å². The minimum atomic E-state index is -0.158. The van der Waals surface area contributed by atoms with Crippen molar-refractivity contribution in [3.63, 3.8) is 0 Å². The van der Waals surface area contributed by atoms with Crippen LogP contribution in [0.15, 0.2) is 70.6 Å². The zero-order chi connectivity index (χ0) is 16.4. The molecule has 0 radical (unpaired) electrons. The Labute approximate surface area is 136 Å². The number of benzene rings is 1. The maximum atomic E-state index is 12.1. The molecule has 3 aromatic heterocycles. The van der Waals surface area contributed by atoms with Crippen LogP contribution in [-0.4, -0.2) is 29.5 Å². The predicted octanol–water partition coefficient (Wildman–Crippen LogP) is 1.53. The van der Waals surface area contributed by atoms with Crippen LogP contribution in [-0.2, 0) is 6.54 Å². The molecule has 8 nitrogen and oxygen atoms in total. The summed E-state index contributed by atoms with van der Waals surface area (Å²) < 4.78 is 8.33. The lowest BCUT2D eigenvalue weighted by Crippen LogP contribution is -2.19. The number of rotatable bonds is 4. The largest absolute Gasteiger partial charge is 0.423 e. The lowest BCUT2D eigenvalue weighted by Gasteiger charge is -2.04. The van der Waals surface area contributed by atoms with E-state index in [0.29, 0.717) is 17.3 Å². The molecule has 0 unspecified atom stereocenters. The van der Waals surface area contributed by atoms with Crippen LogP contribution in [0.4, 0.5) is 0 Å². The predicted molar refractivity (Wildman–Crippen MR) is 84.5 cm³/mol. The number of aromatic nitrogens is 6. The average molecular weight is 320 g/mol. The molecule has 0 atom stereocenters. The van der Waals surface area contributed by atoms with Gasteiger partial charge in [0.1, 0.15) is 6.33 Å². The first kappa shape index (κ1) is 14.1. The van der Waals surface area contributed by atoms with Gasteiger partial charge in [0.05, 0.1) is 17.8 Å². The van der Waals surface area contributed by atoms with Gasteiger partial charge in [-0.05, 0) is 18.2 Å². The summed E-state index contributed by atoms with van der Waals surface area (Å²) >= 11 is 0. The second-order valence-electron chi connectivity index (χ2n) is 5.07. The molecule has 1 aromatic carbocycles. The summed E-state index contributed by atoms with van der Waals surface area (Å²) in [6.07, 6.45) is 4.52. The van der Waals surface area contributed by atoms with E-state index in [2.05, 4.69) is 20.3 Å². The summed E-state index contributed by atoms with van der Waals surface area (Å²) in [6.45, 7) is 0.251. The van der Waals surface area contributed by atoms with Crippen LogP contribution < -0.4 is 5.56 Å². The average Bonchev–Trinajstić information content (AvgIpc) is 3.29. The van der Waals surface area contributed by atoms with Crippen molar-refractivity contribution in [1.29, 1.82) is 0 Å². The molecule has 4 rings (SSSR count). The molecule has 4 aromatic rings. The second-order valence-corrected chi connectivity index (χ2v) is 5.07. The van der Waals surface area contributed by atoms with E-state index in [-0.39, 0.29) is 12.1 Å². The van der Waals surface area contributed by atoms with Crippen LogP contribution in [0, 0.1) is 0 Å². The first-order valence-electron chi connectivity index (χ1n) is 7.22. The van der Waals surface area contributed by atoms with Gasteiger partial charge in [0.15, 0.2) is 5.82 Å². The van der Waals surface area contributed by atoms with Gasteiger partial charge in [-0.25, -0.2) is 9.67 Å². The van der Waals surface area contributed by atoms with Gasteiger partial charge in [-0.2, -0.15) is 0 Å². The van der Waals surface area contributed by atoms with Gasteiger partial charge in [0.2, 0.25) is 12.3 Å². The Balaban J connectivity index is 1.63. The maximum absolute atomic E-state index is 12.1. The van der Waals surface area contributed by atoms with E-state index < -0.39 is 0 Å². The molecule has 0 N–H and O–H groups in total. The van der Waals surface area contributed by atoms with Crippen molar-refractivity contribution in [2.24, 2.45) is 0 Å². The fourth-order valence-corrected chi connectivity index (χ4v) is 2.31. The fourth-order valence-electron chi connectivity index (χ4n) is 2.31. The number of nitrogens with zero attached hydrogens (tertiary/aromatic N) is 6. The Bertz CT molecular complexity index is 1000. The molecule has 0 aliphatic carbocycles. The zero-order valence-electron chi connectivity index (χ0n) is 12.5. The highest BCUT2D eigenvalue weighted by molar-refractivity contribution is 5.50. The van der Waals surface area contributed by atoms with E-state index in [4.69, 9.17) is 4.42 Å². The first-order chi connectivity index (χ1) is 11.8. The van der Waals surface area contributed by atoms with Gasteiger partial charge in [0.25, 0.3) is 5.56 Å². The van der Waals surface area contributed by atoms with E-state index in [9.17, 15) is 4.79 Å². The Morgan fingerprint density at radius 3 is 2.75 bits per heavy atom. The quantitative estimate of drug-likeness (QED) is 0.566. The molecule has 0 spiro atoms. The molecule has 0 aliphatic heterocycles. The third-order valence-electron chi connectivity index (χ3n) is 3.46. The van der Waals surface area contributed by atoms with Crippen molar-refractivity contribution in [3.05, 3.63) is 77.6 Å². The SMILES string of the molecule is O=c1ccc(-c2nnco2)cn1Cc1ncn(-c2ccccc2)n1. The van der Waals surface area contributed by atoms with Gasteiger partial charge in [-0.3, -0.25) is 4.79 Å². The second kappa shape index (κ2) is 5.92. The lowest BCUT2D eigenvalue weighted by atomic mass is 10.3. The number of pyridine rings is 1. The third-order valence-corrected chi connectivity index (χ3v) is 3.46. The van der Waals surface area contributed by atoms with Crippen LogP contribution >= 0.6 is 0 Å². The lowest BCUT2D eigenvalue weighted by molar-refractivity contribution is 0.567. The molecule has 0 saturated carbocycles. The highest BCUT2D eigenvalue weighted by Crippen LogP contribution is 2.14. The first-order valence-corrected chi connectivity index (χ1v) is 7.22. The highest BCUT2D eigenvalue weighted by Gasteiger charge is 2.09. The van der Waals surface area contributed by atoms with Crippen molar-refractivity contribution in [2.45, 2.75) is 6.54 Å². The van der Waals surface area contributed by atoms with Gasteiger partial charge in [0, 0.05) is 12.3 Å². The van der Waals surface area contributed by atoms with Crippen molar-refractivity contribution < 1.29 is 4.42 Å². The van der Waals surface area contributed by atoms with E-state index in [1.54, 1.807) is 23.3 Å². The van der Waals surface area contributed by atoms with Crippen molar-refractivity contribution in [3.8, 4) is 17.1 Å².